The number of aryl methyl sites for hydroxylation is 1. The van der Waals surface area contributed by atoms with E-state index >= 15 is 0 Å². The Balaban J connectivity index is 1.52. The van der Waals surface area contributed by atoms with Crippen LogP contribution in [0.2, 0.25) is 0 Å². The number of nitrogens with zero attached hydrogens (tertiary/aromatic N) is 5. The number of aromatic amines is 1. The summed E-state index contributed by atoms with van der Waals surface area (Å²) in [5.74, 6) is -1.14. The molecule has 0 aliphatic carbocycles. The second-order valence-electron chi connectivity index (χ2n) is 11.2. The molecule has 3 N–H and O–H groups in total. The van der Waals surface area contributed by atoms with Crippen LogP contribution < -0.4 is 15.6 Å². The molecule has 0 saturated carbocycles. The van der Waals surface area contributed by atoms with Crippen molar-refractivity contribution in [2.45, 2.75) is 18.9 Å². The van der Waals surface area contributed by atoms with Crippen LogP contribution in [0.4, 0.5) is 15.8 Å². The summed E-state index contributed by atoms with van der Waals surface area (Å²) in [7, 11) is 5.60. The van der Waals surface area contributed by atoms with E-state index in [-0.39, 0.29) is 16.8 Å². The van der Waals surface area contributed by atoms with Crippen LogP contribution in [0.25, 0.3) is 44.1 Å². The number of carboxylic acids is 1. The predicted octanol–water partition coefficient (Wildman–Crippen LogP) is 4.04. The molecule has 0 bridgehead atoms. The molecule has 0 spiro atoms. The van der Waals surface area contributed by atoms with E-state index in [1.165, 1.54) is 18.3 Å². The first-order valence-corrected chi connectivity index (χ1v) is 13.7. The fourth-order valence-electron chi connectivity index (χ4n) is 6.90. The van der Waals surface area contributed by atoms with Gasteiger partial charge in [-0.1, -0.05) is 0 Å². The Hall–Kier alpha value is -4.51. The normalized spacial score (nSPS) is 19.4. The number of rotatable bonds is 4. The topological polar surface area (TPSA) is 119 Å². The number of H-pyrrole nitrogens is 1. The Morgan fingerprint density at radius 2 is 1.98 bits per heavy atom. The lowest BCUT2D eigenvalue weighted by molar-refractivity contribution is 0.0695. The highest BCUT2D eigenvalue weighted by molar-refractivity contribution is 6.18. The molecule has 1 aromatic carbocycles. The number of pyridine rings is 3. The largest absolute Gasteiger partial charge is 0.477 e. The van der Waals surface area contributed by atoms with Gasteiger partial charge in [0.2, 0.25) is 5.43 Å². The average molecular weight is 556 g/mol. The van der Waals surface area contributed by atoms with Gasteiger partial charge >= 0.3 is 5.97 Å². The molecule has 2 saturated heterocycles. The molecule has 0 amide bonds. The quantitative estimate of drug-likeness (QED) is 0.304. The lowest BCUT2D eigenvalue weighted by Crippen LogP contribution is -2.42. The number of aromatic carboxylic acids is 1. The molecule has 41 heavy (non-hydrogen) atoms. The van der Waals surface area contributed by atoms with Crippen LogP contribution in [0.1, 0.15) is 23.2 Å². The van der Waals surface area contributed by atoms with Gasteiger partial charge in [0.1, 0.15) is 22.7 Å². The number of hydrogen-bond acceptors (Lipinski definition) is 7. The summed E-state index contributed by atoms with van der Waals surface area (Å²) in [5.41, 5.74) is 3.84. The standard InChI is InChI=1S/C30H30FN7O3/c1-32-22-9-17(31)8-18-24-26(38-12-15-5-4-6-36(2)23(15)14-38)20(11-33-28(24)35-25(18)22)16-7-19-27(39)21(30(40)41)13-37(3)29(19)34-10-16/h7-11,13,15,23,32H,4-6,12,14H2,1-3H3,(H,33,35)(H,40,41)/t15-,23?/m1/s1. The summed E-state index contributed by atoms with van der Waals surface area (Å²) < 4.78 is 16.4. The predicted molar refractivity (Wildman–Crippen MR) is 157 cm³/mol. The Morgan fingerprint density at radius 3 is 2.73 bits per heavy atom. The van der Waals surface area contributed by atoms with Gasteiger partial charge in [-0.05, 0) is 50.6 Å². The molecule has 10 nitrogen and oxygen atoms in total. The fraction of sp³-hybridized carbons (Fsp3) is 0.333. The van der Waals surface area contributed by atoms with Crippen molar-refractivity contribution in [1.82, 2.24) is 24.4 Å². The van der Waals surface area contributed by atoms with Crippen LogP contribution in [0.5, 0.6) is 0 Å². The van der Waals surface area contributed by atoms with Crippen molar-refractivity contribution in [3.05, 3.63) is 58.4 Å². The van der Waals surface area contributed by atoms with Gasteiger partial charge < -0.3 is 29.8 Å². The van der Waals surface area contributed by atoms with Crippen molar-refractivity contribution in [3.63, 3.8) is 0 Å². The van der Waals surface area contributed by atoms with Gasteiger partial charge in [0.25, 0.3) is 0 Å². The zero-order valence-corrected chi connectivity index (χ0v) is 23.0. The highest BCUT2D eigenvalue weighted by Gasteiger charge is 2.39. The molecule has 0 radical (unpaired) electrons. The van der Waals surface area contributed by atoms with Crippen molar-refractivity contribution in [2.75, 3.05) is 43.9 Å². The number of fused-ring (bicyclic) bond motifs is 5. The van der Waals surface area contributed by atoms with Gasteiger partial charge in [-0.2, -0.15) is 0 Å². The second-order valence-corrected chi connectivity index (χ2v) is 11.2. The number of aromatic nitrogens is 4. The molecule has 6 heterocycles. The average Bonchev–Trinajstić information content (AvgIpc) is 3.56. The molecule has 1 unspecified atom stereocenters. The fourth-order valence-corrected chi connectivity index (χ4v) is 6.90. The number of hydrogen-bond donors (Lipinski definition) is 3. The van der Waals surface area contributed by atoms with Crippen LogP contribution in [0, 0.1) is 11.7 Å². The third-order valence-electron chi connectivity index (χ3n) is 8.87. The van der Waals surface area contributed by atoms with E-state index in [1.54, 1.807) is 37.1 Å². The molecule has 7 rings (SSSR count). The van der Waals surface area contributed by atoms with Gasteiger partial charge in [-0.15, -0.1) is 0 Å². The van der Waals surface area contributed by atoms with Crippen LogP contribution >= 0.6 is 0 Å². The van der Waals surface area contributed by atoms with Crippen LogP contribution in [0.3, 0.4) is 0 Å². The summed E-state index contributed by atoms with van der Waals surface area (Å²) >= 11 is 0. The number of anilines is 2. The summed E-state index contributed by atoms with van der Waals surface area (Å²) in [5, 5.41) is 14.4. The van der Waals surface area contributed by atoms with Gasteiger partial charge in [0.05, 0.1) is 27.7 Å². The van der Waals surface area contributed by atoms with E-state index in [4.69, 9.17) is 4.98 Å². The zero-order valence-electron chi connectivity index (χ0n) is 23.0. The second kappa shape index (κ2) is 9.27. The number of carbonyl (C=O) groups is 1. The van der Waals surface area contributed by atoms with Gasteiger partial charge in [-0.3, -0.25) is 4.79 Å². The maximum atomic E-state index is 14.9. The van der Waals surface area contributed by atoms with E-state index < -0.39 is 11.4 Å². The first kappa shape index (κ1) is 25.5. The van der Waals surface area contributed by atoms with Crippen LogP contribution in [0.15, 0.2) is 41.6 Å². The van der Waals surface area contributed by atoms with Gasteiger partial charge in [0, 0.05) is 68.3 Å². The Morgan fingerprint density at radius 1 is 1.15 bits per heavy atom. The smallest absolute Gasteiger partial charge is 0.341 e. The third-order valence-corrected chi connectivity index (χ3v) is 8.87. The van der Waals surface area contributed by atoms with Crippen molar-refractivity contribution in [2.24, 2.45) is 13.0 Å². The first-order valence-electron chi connectivity index (χ1n) is 13.7. The Bertz CT molecular complexity index is 1950. The molecule has 2 aliphatic heterocycles. The molecular weight excluding hydrogens is 525 g/mol. The number of likely N-dealkylation sites (N-methyl/N-ethyl adjacent to an activating group) is 1. The monoisotopic (exact) mass is 555 g/mol. The minimum atomic E-state index is -1.29. The highest BCUT2D eigenvalue weighted by atomic mass is 19.1. The summed E-state index contributed by atoms with van der Waals surface area (Å²) in [4.78, 5) is 42.5. The maximum Gasteiger partial charge on any atom is 0.341 e. The van der Waals surface area contributed by atoms with Crippen molar-refractivity contribution in [1.29, 1.82) is 0 Å². The van der Waals surface area contributed by atoms with E-state index in [2.05, 4.69) is 32.1 Å². The molecule has 4 aromatic heterocycles. The number of carboxylic acid groups (broad SMARTS) is 1. The number of benzene rings is 1. The molecule has 2 aliphatic rings. The molecule has 210 valence electrons. The van der Waals surface area contributed by atoms with Crippen molar-refractivity contribution in [3.8, 4) is 11.1 Å². The first-order chi connectivity index (χ1) is 19.7. The van der Waals surface area contributed by atoms with Crippen LogP contribution in [-0.2, 0) is 7.05 Å². The lowest BCUT2D eigenvalue weighted by Gasteiger charge is -2.33. The van der Waals surface area contributed by atoms with E-state index in [9.17, 15) is 19.1 Å². The highest BCUT2D eigenvalue weighted by Crippen LogP contribution is 2.45. The lowest BCUT2D eigenvalue weighted by atomic mass is 9.93. The Kier molecular flexibility index (Phi) is 5.75. The van der Waals surface area contributed by atoms with Crippen LogP contribution in [-0.4, -0.2) is 75.3 Å². The number of likely N-dealkylation sites (tertiary alicyclic amines) is 1. The minimum absolute atomic E-state index is 0.216. The molecule has 2 atom stereocenters. The third kappa shape index (κ3) is 3.86. The molecule has 2 fully saturated rings. The number of piperidine rings is 1. The van der Waals surface area contributed by atoms with E-state index in [0.29, 0.717) is 34.5 Å². The Labute approximate surface area is 234 Å². The van der Waals surface area contributed by atoms with Crippen molar-refractivity contribution >= 4 is 50.3 Å². The number of nitrogens with one attached hydrogen (secondary N) is 2. The molecule has 11 heteroatoms. The maximum absolute atomic E-state index is 14.9. The van der Waals surface area contributed by atoms with Gasteiger partial charge in [0.15, 0.2) is 0 Å². The zero-order chi connectivity index (χ0) is 28.6. The number of halogens is 1. The summed E-state index contributed by atoms with van der Waals surface area (Å²) in [6.45, 7) is 2.70. The van der Waals surface area contributed by atoms with Crippen molar-refractivity contribution < 1.29 is 14.3 Å². The van der Waals surface area contributed by atoms with Gasteiger partial charge in [-0.25, -0.2) is 19.2 Å². The summed E-state index contributed by atoms with van der Waals surface area (Å²) in [6.07, 6.45) is 7.05. The molecule has 5 aromatic rings. The van der Waals surface area contributed by atoms with E-state index in [1.807, 2.05) is 0 Å². The van der Waals surface area contributed by atoms with E-state index in [0.717, 1.165) is 60.0 Å². The minimum Gasteiger partial charge on any atom is -0.477 e. The molecular formula is C30H30FN7O3. The summed E-state index contributed by atoms with van der Waals surface area (Å²) in [6, 6.07) is 5.09. The SMILES string of the molecule is CNc1cc(F)cc2c1[nH]c1ncc(-c3cnc4c(c3)c(=O)c(C(=O)O)cn4C)c(N3CC4[C@H](CCCN4C)C3)c12.